The molecule has 6 nitrogen and oxygen atoms in total. The van der Waals surface area contributed by atoms with Crippen LogP contribution in [0.5, 0.6) is 5.75 Å². The highest BCUT2D eigenvalue weighted by Crippen LogP contribution is 2.38. The Labute approximate surface area is 117 Å². The van der Waals surface area contributed by atoms with Gasteiger partial charge < -0.3 is 4.74 Å². The maximum Gasteiger partial charge on any atom is 0.281 e. The van der Waals surface area contributed by atoms with Gasteiger partial charge in [-0.2, -0.15) is 13.5 Å². The van der Waals surface area contributed by atoms with Gasteiger partial charge in [-0.1, -0.05) is 12.1 Å². The van der Waals surface area contributed by atoms with Crippen LogP contribution in [0.4, 0.5) is 5.69 Å². The number of aromatic amines is 1. The minimum Gasteiger partial charge on any atom is -0.495 e. The highest BCUT2D eigenvalue weighted by Gasteiger charge is 2.32. The van der Waals surface area contributed by atoms with Crippen molar-refractivity contribution in [1.29, 1.82) is 0 Å². The van der Waals surface area contributed by atoms with E-state index in [1.54, 1.807) is 13.2 Å². The monoisotopic (exact) mass is 293 g/mol. The van der Waals surface area contributed by atoms with E-state index in [4.69, 9.17) is 4.74 Å². The summed E-state index contributed by atoms with van der Waals surface area (Å²) in [7, 11) is -2.08. The minimum absolute atomic E-state index is 0.0938. The number of anilines is 1. The van der Waals surface area contributed by atoms with Gasteiger partial charge in [-0.25, -0.2) is 0 Å². The maximum atomic E-state index is 12.7. The summed E-state index contributed by atoms with van der Waals surface area (Å²) in [5, 5.41) is 6.34. The first kappa shape index (κ1) is 13.0. The SMILES string of the molecule is COc1cccc2c1N(S(=O)(=O)c1ccn[nH]1)CCC2. The molecule has 20 heavy (non-hydrogen) atoms. The number of aryl methyl sites for hydroxylation is 1. The summed E-state index contributed by atoms with van der Waals surface area (Å²) in [5.74, 6) is 0.574. The van der Waals surface area contributed by atoms with Gasteiger partial charge in [-0.3, -0.25) is 9.40 Å². The van der Waals surface area contributed by atoms with E-state index < -0.39 is 10.0 Å². The van der Waals surface area contributed by atoms with Crippen molar-refractivity contribution < 1.29 is 13.2 Å². The fraction of sp³-hybridized carbons (Fsp3) is 0.308. The van der Waals surface area contributed by atoms with E-state index in [-0.39, 0.29) is 5.03 Å². The van der Waals surface area contributed by atoms with Crippen molar-refractivity contribution in [3.05, 3.63) is 36.0 Å². The molecule has 3 rings (SSSR count). The van der Waals surface area contributed by atoms with Gasteiger partial charge in [0.1, 0.15) is 5.75 Å². The Kier molecular flexibility index (Phi) is 3.13. The smallest absolute Gasteiger partial charge is 0.281 e. The first-order valence-corrected chi connectivity index (χ1v) is 7.76. The molecule has 1 N–H and O–H groups in total. The van der Waals surface area contributed by atoms with Crippen molar-refractivity contribution in [3.63, 3.8) is 0 Å². The third-order valence-electron chi connectivity index (χ3n) is 3.40. The fourth-order valence-electron chi connectivity index (χ4n) is 2.49. The van der Waals surface area contributed by atoms with E-state index in [1.165, 1.54) is 16.6 Å². The number of sulfonamides is 1. The number of benzene rings is 1. The average Bonchev–Trinajstić information content (AvgIpc) is 3.00. The van der Waals surface area contributed by atoms with Gasteiger partial charge in [-0.05, 0) is 30.5 Å². The Balaban J connectivity index is 2.15. The van der Waals surface area contributed by atoms with Crippen molar-refractivity contribution in [2.24, 2.45) is 0 Å². The number of hydrogen-bond donors (Lipinski definition) is 1. The second kappa shape index (κ2) is 4.82. The molecule has 1 aromatic carbocycles. The van der Waals surface area contributed by atoms with Crippen LogP contribution >= 0.6 is 0 Å². The predicted molar refractivity (Wildman–Crippen MR) is 74.4 cm³/mol. The Morgan fingerprint density at radius 2 is 2.20 bits per heavy atom. The molecular weight excluding hydrogens is 278 g/mol. The number of ether oxygens (including phenoxy) is 1. The number of rotatable bonds is 3. The van der Waals surface area contributed by atoms with Crippen LogP contribution in [0.2, 0.25) is 0 Å². The molecule has 1 aromatic heterocycles. The summed E-state index contributed by atoms with van der Waals surface area (Å²) in [5.41, 5.74) is 1.62. The standard InChI is InChI=1S/C13H15N3O3S/c1-19-11-6-2-4-10-5-3-9-16(13(10)11)20(17,18)12-7-8-14-15-12/h2,4,6-8H,3,5,9H2,1H3,(H,14,15). The van der Waals surface area contributed by atoms with Crippen LogP contribution in [0, 0.1) is 0 Å². The molecule has 0 atom stereocenters. The second-order valence-corrected chi connectivity index (χ2v) is 6.40. The molecule has 0 radical (unpaired) electrons. The summed E-state index contributed by atoms with van der Waals surface area (Å²) in [6, 6.07) is 7.05. The molecule has 0 saturated heterocycles. The largest absolute Gasteiger partial charge is 0.495 e. The zero-order valence-electron chi connectivity index (χ0n) is 11.0. The molecule has 2 heterocycles. The van der Waals surface area contributed by atoms with Gasteiger partial charge in [0.05, 0.1) is 19.0 Å². The van der Waals surface area contributed by atoms with Gasteiger partial charge in [0.2, 0.25) is 0 Å². The van der Waals surface area contributed by atoms with Crippen molar-refractivity contribution in [3.8, 4) is 5.75 Å². The highest BCUT2D eigenvalue weighted by atomic mass is 32.2. The first-order chi connectivity index (χ1) is 9.64. The molecule has 0 aliphatic carbocycles. The van der Waals surface area contributed by atoms with E-state index in [0.717, 1.165) is 18.4 Å². The summed E-state index contributed by atoms with van der Waals surface area (Å²) in [6.45, 7) is 0.439. The molecule has 1 aliphatic rings. The van der Waals surface area contributed by atoms with Crippen LogP contribution in [0.25, 0.3) is 0 Å². The topological polar surface area (TPSA) is 75.3 Å². The average molecular weight is 293 g/mol. The van der Waals surface area contributed by atoms with Crippen LogP contribution < -0.4 is 9.04 Å². The van der Waals surface area contributed by atoms with Gasteiger partial charge in [0.15, 0.2) is 5.03 Å². The number of nitrogens with zero attached hydrogens (tertiary/aromatic N) is 2. The zero-order valence-corrected chi connectivity index (χ0v) is 11.9. The number of hydrogen-bond acceptors (Lipinski definition) is 4. The lowest BCUT2D eigenvalue weighted by molar-refractivity contribution is 0.414. The Bertz CT molecular complexity index is 696. The lowest BCUT2D eigenvalue weighted by atomic mass is 10.0. The van der Waals surface area contributed by atoms with Gasteiger partial charge in [-0.15, -0.1) is 0 Å². The van der Waals surface area contributed by atoms with Crippen molar-refractivity contribution >= 4 is 15.7 Å². The summed E-state index contributed by atoms with van der Waals surface area (Å²) < 4.78 is 32.1. The molecule has 2 aromatic rings. The van der Waals surface area contributed by atoms with Crippen molar-refractivity contribution in [2.75, 3.05) is 18.0 Å². The van der Waals surface area contributed by atoms with E-state index in [0.29, 0.717) is 18.0 Å². The van der Waals surface area contributed by atoms with Gasteiger partial charge >= 0.3 is 0 Å². The Hall–Kier alpha value is -2.02. The van der Waals surface area contributed by atoms with Crippen LogP contribution in [0.1, 0.15) is 12.0 Å². The van der Waals surface area contributed by atoms with Gasteiger partial charge in [0, 0.05) is 6.54 Å². The van der Waals surface area contributed by atoms with Crippen LogP contribution in [0.15, 0.2) is 35.5 Å². The summed E-state index contributed by atoms with van der Waals surface area (Å²) >= 11 is 0. The number of aromatic nitrogens is 2. The lowest BCUT2D eigenvalue weighted by Crippen LogP contribution is -2.36. The molecule has 7 heteroatoms. The molecule has 106 valence electrons. The molecular formula is C13H15N3O3S. The molecule has 0 fully saturated rings. The number of nitrogens with one attached hydrogen (secondary N) is 1. The Morgan fingerprint density at radius 3 is 2.90 bits per heavy atom. The molecule has 1 aliphatic heterocycles. The first-order valence-electron chi connectivity index (χ1n) is 6.32. The third kappa shape index (κ3) is 1.94. The number of H-pyrrole nitrogens is 1. The Morgan fingerprint density at radius 1 is 1.35 bits per heavy atom. The van der Waals surface area contributed by atoms with E-state index in [9.17, 15) is 8.42 Å². The highest BCUT2D eigenvalue weighted by molar-refractivity contribution is 7.92. The van der Waals surface area contributed by atoms with Crippen molar-refractivity contribution in [1.82, 2.24) is 10.2 Å². The lowest BCUT2D eigenvalue weighted by Gasteiger charge is -2.31. The fourth-order valence-corrected chi connectivity index (χ4v) is 3.94. The number of para-hydroxylation sites is 1. The van der Waals surface area contributed by atoms with Crippen molar-refractivity contribution in [2.45, 2.75) is 17.9 Å². The van der Waals surface area contributed by atoms with Gasteiger partial charge in [0.25, 0.3) is 10.0 Å². The van der Waals surface area contributed by atoms with Crippen LogP contribution in [0.3, 0.4) is 0 Å². The normalized spacial score (nSPS) is 14.9. The second-order valence-electron chi connectivity index (χ2n) is 4.57. The van der Waals surface area contributed by atoms with E-state index >= 15 is 0 Å². The summed E-state index contributed by atoms with van der Waals surface area (Å²) in [4.78, 5) is 0. The summed E-state index contributed by atoms with van der Waals surface area (Å²) in [6.07, 6.45) is 3.06. The molecule has 0 bridgehead atoms. The van der Waals surface area contributed by atoms with Crippen LogP contribution in [-0.2, 0) is 16.4 Å². The van der Waals surface area contributed by atoms with Crippen LogP contribution in [-0.4, -0.2) is 32.3 Å². The van der Waals surface area contributed by atoms with E-state index in [1.807, 2.05) is 12.1 Å². The quantitative estimate of drug-likeness (QED) is 0.932. The maximum absolute atomic E-state index is 12.7. The minimum atomic E-state index is -3.63. The molecule has 0 saturated carbocycles. The number of fused-ring (bicyclic) bond motifs is 1. The third-order valence-corrected chi connectivity index (χ3v) is 5.13. The molecule has 0 spiro atoms. The zero-order chi connectivity index (χ0) is 14.2. The molecule has 0 unspecified atom stereocenters. The molecule has 0 amide bonds. The van der Waals surface area contributed by atoms with E-state index in [2.05, 4.69) is 10.2 Å². The number of methoxy groups -OCH3 is 1. The predicted octanol–water partition coefficient (Wildman–Crippen LogP) is 1.56.